The molecule has 0 aliphatic carbocycles. The van der Waals surface area contributed by atoms with E-state index < -0.39 is 18.1 Å². The number of likely N-dealkylation sites (N-methyl/N-ethyl adjacent to an activating group) is 1. The maximum atomic E-state index is 12.8. The summed E-state index contributed by atoms with van der Waals surface area (Å²) in [6, 6.07) is -0.626. The molecule has 0 rings (SSSR count). The molecule has 356 valence electrons. The molecule has 1 N–H and O–H groups in total. The van der Waals surface area contributed by atoms with Crippen LogP contribution in [0.25, 0.3) is 0 Å². The monoisotopic (exact) mass is 869 g/mol. The number of aliphatic carboxylic acids is 1. The van der Waals surface area contributed by atoms with E-state index in [1.54, 1.807) is 0 Å². The molecule has 0 radical (unpaired) electrons. The van der Waals surface area contributed by atoms with Crippen LogP contribution in [0.1, 0.15) is 200 Å². The molecule has 0 aromatic heterocycles. The molecule has 0 saturated carbocycles. The minimum atomic E-state index is -0.884. The smallest absolute Gasteiger partial charge is 0.362 e. The maximum absolute atomic E-state index is 12.8. The van der Waals surface area contributed by atoms with Crippen LogP contribution in [-0.4, -0.2) is 80.6 Å². The lowest BCUT2D eigenvalue weighted by Crippen LogP contribution is -2.50. The fraction of sp³-hybridized carbons (Fsp3) is 0.722. The van der Waals surface area contributed by atoms with Gasteiger partial charge in [-0.2, -0.15) is 0 Å². The Morgan fingerprint density at radius 3 is 1.40 bits per heavy atom. The quantitative estimate of drug-likeness (QED) is 0.0214. The van der Waals surface area contributed by atoms with Gasteiger partial charge in [0.25, 0.3) is 0 Å². The van der Waals surface area contributed by atoms with Gasteiger partial charge in [-0.05, 0) is 57.8 Å². The van der Waals surface area contributed by atoms with Gasteiger partial charge in [0.1, 0.15) is 6.61 Å². The van der Waals surface area contributed by atoms with Gasteiger partial charge in [-0.3, -0.25) is 9.59 Å². The van der Waals surface area contributed by atoms with Crippen molar-refractivity contribution in [1.29, 1.82) is 0 Å². The number of quaternary nitrogens is 1. The third kappa shape index (κ3) is 42.1. The highest BCUT2D eigenvalue weighted by atomic mass is 16.6. The lowest BCUT2D eigenvalue weighted by molar-refractivity contribution is -0.887. The van der Waals surface area contributed by atoms with Crippen LogP contribution in [0.4, 0.5) is 0 Å². The van der Waals surface area contributed by atoms with Crippen molar-refractivity contribution in [3.05, 3.63) is 72.9 Å². The van der Waals surface area contributed by atoms with Crippen LogP contribution < -0.4 is 0 Å². The van der Waals surface area contributed by atoms with E-state index in [0.717, 1.165) is 51.4 Å². The van der Waals surface area contributed by atoms with E-state index in [0.29, 0.717) is 19.3 Å². The lowest BCUT2D eigenvalue weighted by Gasteiger charge is -2.31. The van der Waals surface area contributed by atoms with Gasteiger partial charge in [-0.1, -0.05) is 196 Å². The van der Waals surface area contributed by atoms with Gasteiger partial charge in [-0.15, -0.1) is 0 Å². The molecule has 8 nitrogen and oxygen atoms in total. The summed E-state index contributed by atoms with van der Waals surface area (Å²) in [6.07, 6.45) is 56.7. The van der Waals surface area contributed by atoms with Crippen molar-refractivity contribution in [3.63, 3.8) is 0 Å². The fourth-order valence-electron chi connectivity index (χ4n) is 7.11. The predicted octanol–water partition coefficient (Wildman–Crippen LogP) is 14.3. The summed E-state index contributed by atoms with van der Waals surface area (Å²) < 4.78 is 17.3. The number of nitrogens with zero attached hydrogens (tertiary/aromatic N) is 1. The fourth-order valence-corrected chi connectivity index (χ4v) is 7.11. The van der Waals surface area contributed by atoms with Gasteiger partial charge in [0.05, 0.1) is 34.4 Å². The van der Waals surface area contributed by atoms with E-state index in [1.165, 1.54) is 116 Å². The SMILES string of the molecule is CC/C=C/C=C/C=C/C=C/C=C/CCCCCC(=O)OCC(COCCC(C(=O)O)[N+](C)(C)C)OC(=O)CCCCCCCCC/C=C/CCCCCCCCCCCCCC. The van der Waals surface area contributed by atoms with Gasteiger partial charge in [0, 0.05) is 19.3 Å². The number of ether oxygens (including phenoxy) is 3. The summed E-state index contributed by atoms with van der Waals surface area (Å²) in [5.41, 5.74) is 0. The second kappa shape index (κ2) is 44.4. The Morgan fingerprint density at radius 1 is 0.500 bits per heavy atom. The summed E-state index contributed by atoms with van der Waals surface area (Å²) >= 11 is 0. The highest BCUT2D eigenvalue weighted by Crippen LogP contribution is 2.15. The minimum Gasteiger partial charge on any atom is -0.477 e. The van der Waals surface area contributed by atoms with E-state index in [-0.39, 0.29) is 36.2 Å². The zero-order valence-corrected chi connectivity index (χ0v) is 40.6. The molecule has 0 heterocycles. The number of hydrogen-bond acceptors (Lipinski definition) is 6. The largest absolute Gasteiger partial charge is 0.477 e. The van der Waals surface area contributed by atoms with Crippen LogP contribution in [0.5, 0.6) is 0 Å². The first-order valence-corrected chi connectivity index (χ1v) is 25.0. The van der Waals surface area contributed by atoms with Gasteiger partial charge < -0.3 is 23.8 Å². The molecule has 62 heavy (non-hydrogen) atoms. The standard InChI is InChI=1S/C54H93NO7/c1-6-8-10-12-14-16-18-20-22-23-24-25-26-27-28-29-31-33-35-37-39-41-43-45-53(57)62-50(48-60-47-46-51(54(58)59)55(3,4)5)49-61-52(56)44-42-40-38-36-34-32-30-21-19-17-15-13-11-9-7-2/h9,11,13,15,17,19,21,27-28,30,32,34,50-51H,6-8,10,12,14,16,18,20,22-26,29,31,33,35-49H2,1-5H3/p+1/b11-9+,15-13+,19-17+,28-27+,30-21+,34-32+. The van der Waals surface area contributed by atoms with Crippen molar-refractivity contribution in [2.45, 2.75) is 212 Å². The average Bonchev–Trinajstić information content (AvgIpc) is 3.23. The molecular formula is C54H94NO7+. The van der Waals surface area contributed by atoms with Crippen molar-refractivity contribution in [1.82, 2.24) is 0 Å². The van der Waals surface area contributed by atoms with E-state index in [4.69, 9.17) is 14.2 Å². The van der Waals surface area contributed by atoms with E-state index >= 15 is 0 Å². The second-order valence-electron chi connectivity index (χ2n) is 17.8. The Morgan fingerprint density at radius 2 is 0.919 bits per heavy atom. The first-order chi connectivity index (χ1) is 30.1. The Hall–Kier alpha value is -3.23. The summed E-state index contributed by atoms with van der Waals surface area (Å²) in [5, 5.41) is 9.64. The van der Waals surface area contributed by atoms with Crippen LogP contribution >= 0.6 is 0 Å². The molecule has 0 aliphatic heterocycles. The Bertz CT molecular complexity index is 1240. The maximum Gasteiger partial charge on any atom is 0.362 e. The first kappa shape index (κ1) is 58.8. The van der Waals surface area contributed by atoms with Crippen molar-refractivity contribution in [2.24, 2.45) is 0 Å². The zero-order valence-electron chi connectivity index (χ0n) is 40.6. The molecule has 0 bridgehead atoms. The number of carbonyl (C=O) groups is 3. The predicted molar refractivity (Wildman–Crippen MR) is 261 cm³/mol. The molecule has 2 unspecified atom stereocenters. The minimum absolute atomic E-state index is 0.0423. The van der Waals surface area contributed by atoms with Crippen LogP contribution in [-0.2, 0) is 28.6 Å². The molecule has 0 aromatic carbocycles. The molecule has 0 aromatic rings. The Balaban J connectivity index is 4.29. The molecule has 0 spiro atoms. The number of rotatable bonds is 44. The van der Waals surface area contributed by atoms with Crippen LogP contribution in [0, 0.1) is 0 Å². The van der Waals surface area contributed by atoms with E-state index in [9.17, 15) is 19.5 Å². The van der Waals surface area contributed by atoms with Gasteiger partial charge in [0.2, 0.25) is 0 Å². The molecular weight excluding hydrogens is 775 g/mol. The van der Waals surface area contributed by atoms with Gasteiger partial charge in [-0.25, -0.2) is 4.79 Å². The summed E-state index contributed by atoms with van der Waals surface area (Å²) in [6.45, 7) is 4.55. The Kier molecular flexibility index (Phi) is 42.1. The first-order valence-electron chi connectivity index (χ1n) is 25.0. The van der Waals surface area contributed by atoms with E-state index in [1.807, 2.05) is 69.8 Å². The molecule has 0 aliphatic rings. The second-order valence-corrected chi connectivity index (χ2v) is 17.8. The molecule has 2 atom stereocenters. The topological polar surface area (TPSA) is 99.1 Å². The number of esters is 2. The van der Waals surface area contributed by atoms with Crippen molar-refractivity contribution >= 4 is 17.9 Å². The zero-order chi connectivity index (χ0) is 45.6. The number of carboxylic acid groups (broad SMARTS) is 1. The summed E-state index contributed by atoms with van der Waals surface area (Å²) in [4.78, 5) is 37.1. The average molecular weight is 869 g/mol. The highest BCUT2D eigenvalue weighted by Gasteiger charge is 2.31. The third-order valence-corrected chi connectivity index (χ3v) is 11.0. The number of hydrogen-bond donors (Lipinski definition) is 1. The van der Waals surface area contributed by atoms with Gasteiger partial charge in [0.15, 0.2) is 12.1 Å². The molecule has 0 fully saturated rings. The van der Waals surface area contributed by atoms with Crippen molar-refractivity contribution in [3.8, 4) is 0 Å². The molecule has 8 heteroatoms. The normalized spacial score (nSPS) is 13.5. The molecule has 0 amide bonds. The van der Waals surface area contributed by atoms with Crippen molar-refractivity contribution in [2.75, 3.05) is 41.0 Å². The lowest BCUT2D eigenvalue weighted by atomic mass is 10.0. The number of carbonyl (C=O) groups excluding carboxylic acids is 2. The number of allylic oxidation sites excluding steroid dienone is 12. The third-order valence-electron chi connectivity index (χ3n) is 11.0. The summed E-state index contributed by atoms with van der Waals surface area (Å²) in [5.74, 6) is -1.53. The van der Waals surface area contributed by atoms with Crippen LogP contribution in [0.15, 0.2) is 72.9 Å². The number of carboxylic acids is 1. The van der Waals surface area contributed by atoms with Crippen LogP contribution in [0.3, 0.4) is 0 Å². The highest BCUT2D eigenvalue weighted by molar-refractivity contribution is 5.72. The molecule has 0 saturated heterocycles. The van der Waals surface area contributed by atoms with Gasteiger partial charge >= 0.3 is 17.9 Å². The number of unbranched alkanes of at least 4 members (excludes halogenated alkanes) is 22. The van der Waals surface area contributed by atoms with E-state index in [2.05, 4.69) is 38.2 Å². The summed E-state index contributed by atoms with van der Waals surface area (Å²) in [7, 11) is 5.51. The Labute approximate surface area is 381 Å². The van der Waals surface area contributed by atoms with Crippen LogP contribution in [0.2, 0.25) is 0 Å². The van der Waals surface area contributed by atoms with Crippen molar-refractivity contribution < 1.29 is 38.2 Å².